The molecular formula is C11H9BrFN3O3S. The third kappa shape index (κ3) is 2.20. The number of rotatable bonds is 2. The van der Waals surface area contributed by atoms with E-state index in [1.54, 1.807) is 18.2 Å². The summed E-state index contributed by atoms with van der Waals surface area (Å²) in [6.45, 7) is -0.172. The maximum atomic E-state index is 13.0. The van der Waals surface area contributed by atoms with Crippen LogP contribution in [0.2, 0.25) is 0 Å². The van der Waals surface area contributed by atoms with Crippen LogP contribution in [0.1, 0.15) is 6.42 Å². The lowest BCUT2D eigenvalue weighted by Crippen LogP contribution is -2.26. The highest BCUT2D eigenvalue weighted by Gasteiger charge is 2.39. The summed E-state index contributed by atoms with van der Waals surface area (Å²) in [5, 5.41) is 6.33. The first kappa shape index (κ1) is 13.5. The van der Waals surface area contributed by atoms with Crippen molar-refractivity contribution in [1.29, 1.82) is 0 Å². The minimum atomic E-state index is -4.71. The van der Waals surface area contributed by atoms with Gasteiger partial charge in [-0.05, 0) is 34.1 Å². The first-order valence-corrected chi connectivity index (χ1v) is 7.97. The number of benzene rings is 1. The minimum absolute atomic E-state index is 0.172. The van der Waals surface area contributed by atoms with Gasteiger partial charge in [0.15, 0.2) is 0 Å². The lowest BCUT2D eigenvalue weighted by Gasteiger charge is -2.15. The van der Waals surface area contributed by atoms with Crippen LogP contribution in [0.3, 0.4) is 0 Å². The van der Waals surface area contributed by atoms with Crippen molar-refractivity contribution in [3.05, 3.63) is 22.8 Å². The van der Waals surface area contributed by atoms with Gasteiger partial charge in [0.2, 0.25) is 5.91 Å². The Kier molecular flexibility index (Phi) is 3.05. The minimum Gasteiger partial charge on any atom is -0.311 e. The van der Waals surface area contributed by atoms with E-state index in [4.69, 9.17) is 0 Å². The van der Waals surface area contributed by atoms with Crippen LogP contribution < -0.4 is 4.90 Å². The standard InChI is InChI=1S/C11H9BrFN3O3S/c12-11-8-2-1-6(3-9(8)14-15-11)16-5-7(4-10(16)17)20(13,18)19/h1-3,7H,4-5H2,(H,14,15). The second kappa shape index (κ2) is 4.52. The van der Waals surface area contributed by atoms with Crippen molar-refractivity contribution < 1.29 is 17.1 Å². The fourth-order valence-electron chi connectivity index (χ4n) is 2.25. The zero-order valence-corrected chi connectivity index (χ0v) is 12.4. The molecule has 1 aliphatic rings. The number of halogens is 2. The monoisotopic (exact) mass is 361 g/mol. The van der Waals surface area contributed by atoms with Gasteiger partial charge in [-0.25, -0.2) is 0 Å². The molecule has 9 heteroatoms. The Hall–Kier alpha value is -1.48. The molecule has 6 nitrogen and oxygen atoms in total. The van der Waals surface area contributed by atoms with Gasteiger partial charge in [-0.15, -0.1) is 3.89 Å². The molecule has 3 rings (SSSR count). The van der Waals surface area contributed by atoms with Gasteiger partial charge in [0.05, 0.1) is 5.52 Å². The number of H-pyrrole nitrogens is 1. The molecule has 106 valence electrons. The number of carbonyl (C=O) groups excluding carboxylic acids is 1. The van der Waals surface area contributed by atoms with Crippen molar-refractivity contribution in [1.82, 2.24) is 10.2 Å². The van der Waals surface area contributed by atoms with E-state index in [9.17, 15) is 17.1 Å². The van der Waals surface area contributed by atoms with Gasteiger partial charge in [-0.3, -0.25) is 9.89 Å². The highest BCUT2D eigenvalue weighted by atomic mass is 79.9. The number of aromatic nitrogens is 2. The van der Waals surface area contributed by atoms with Crippen LogP contribution in [0.5, 0.6) is 0 Å². The molecule has 1 fully saturated rings. The quantitative estimate of drug-likeness (QED) is 0.825. The van der Waals surface area contributed by atoms with E-state index in [0.717, 1.165) is 9.99 Å². The van der Waals surface area contributed by atoms with E-state index in [1.807, 2.05) is 0 Å². The van der Waals surface area contributed by atoms with Crippen LogP contribution in [0, 0.1) is 0 Å². The summed E-state index contributed by atoms with van der Waals surface area (Å²) in [6.07, 6.45) is -0.332. The molecule has 0 radical (unpaired) electrons. The van der Waals surface area contributed by atoms with Gasteiger partial charge in [0, 0.05) is 24.0 Å². The molecule has 20 heavy (non-hydrogen) atoms. The molecule has 1 aromatic carbocycles. The van der Waals surface area contributed by atoms with Gasteiger partial charge in [-0.2, -0.15) is 13.5 Å². The number of amides is 1. The SMILES string of the molecule is O=C1CC(S(=O)(=O)F)CN1c1ccc2c(Br)[nH]nc2c1. The van der Waals surface area contributed by atoms with Crippen molar-refractivity contribution in [3.63, 3.8) is 0 Å². The number of nitrogens with one attached hydrogen (secondary N) is 1. The summed E-state index contributed by atoms with van der Waals surface area (Å²) < 4.78 is 35.5. The molecule has 2 heterocycles. The molecule has 2 aromatic rings. The van der Waals surface area contributed by atoms with Crippen molar-refractivity contribution in [2.24, 2.45) is 0 Å². The molecule has 1 unspecified atom stereocenters. The van der Waals surface area contributed by atoms with Gasteiger partial charge in [-0.1, -0.05) is 0 Å². The lowest BCUT2D eigenvalue weighted by molar-refractivity contribution is -0.117. The average Bonchev–Trinajstić information content (AvgIpc) is 2.93. The second-order valence-corrected chi connectivity index (χ2v) is 6.96. The fraction of sp³-hybridized carbons (Fsp3) is 0.273. The van der Waals surface area contributed by atoms with Crippen LogP contribution in [0.15, 0.2) is 22.8 Å². The summed E-state index contributed by atoms with van der Waals surface area (Å²) in [4.78, 5) is 13.1. The lowest BCUT2D eigenvalue weighted by atomic mass is 10.2. The highest BCUT2D eigenvalue weighted by Crippen LogP contribution is 2.29. The summed E-state index contributed by atoms with van der Waals surface area (Å²) >= 11 is 3.29. The predicted octanol–water partition coefficient (Wildman–Crippen LogP) is 1.73. The van der Waals surface area contributed by atoms with Crippen molar-refractivity contribution in [2.75, 3.05) is 11.4 Å². The first-order valence-electron chi connectivity index (χ1n) is 5.74. The summed E-state index contributed by atoms with van der Waals surface area (Å²) in [7, 11) is -4.71. The Labute approximate surface area is 122 Å². The first-order chi connectivity index (χ1) is 9.36. The topological polar surface area (TPSA) is 83.1 Å². The van der Waals surface area contributed by atoms with E-state index < -0.39 is 21.4 Å². The normalized spacial score (nSPS) is 20.0. The van der Waals surface area contributed by atoms with E-state index >= 15 is 0 Å². The number of carbonyl (C=O) groups is 1. The zero-order chi connectivity index (χ0) is 14.5. The number of fused-ring (bicyclic) bond motifs is 1. The number of hydrogen-bond acceptors (Lipinski definition) is 4. The third-order valence-corrected chi connectivity index (χ3v) is 5.01. The molecule has 1 aliphatic heterocycles. The molecule has 0 bridgehead atoms. The van der Waals surface area contributed by atoms with E-state index in [1.165, 1.54) is 4.90 Å². The van der Waals surface area contributed by atoms with Crippen molar-refractivity contribution >= 4 is 48.7 Å². The molecule has 1 amide bonds. The predicted molar refractivity (Wildman–Crippen MR) is 74.6 cm³/mol. The maximum Gasteiger partial charge on any atom is 0.307 e. The Bertz CT molecular complexity index is 804. The summed E-state index contributed by atoms with van der Waals surface area (Å²) in [5.74, 6) is -0.412. The van der Waals surface area contributed by atoms with Gasteiger partial charge < -0.3 is 4.90 Å². The van der Waals surface area contributed by atoms with Crippen molar-refractivity contribution in [3.8, 4) is 0 Å². The van der Waals surface area contributed by atoms with Crippen LogP contribution in [0.25, 0.3) is 10.9 Å². The third-order valence-electron chi connectivity index (χ3n) is 3.29. The molecule has 1 saturated heterocycles. The van der Waals surface area contributed by atoms with Crippen LogP contribution in [-0.2, 0) is 15.0 Å². The largest absolute Gasteiger partial charge is 0.311 e. The van der Waals surface area contributed by atoms with Crippen molar-refractivity contribution in [2.45, 2.75) is 11.7 Å². The van der Waals surface area contributed by atoms with Gasteiger partial charge in [0.1, 0.15) is 9.85 Å². The number of anilines is 1. The average molecular weight is 362 g/mol. The van der Waals surface area contributed by atoms with Crippen LogP contribution in [0.4, 0.5) is 9.57 Å². The molecule has 0 aliphatic carbocycles. The Morgan fingerprint density at radius 2 is 2.20 bits per heavy atom. The number of aromatic amines is 1. The number of hydrogen-bond donors (Lipinski definition) is 1. The Morgan fingerprint density at radius 3 is 2.85 bits per heavy atom. The van der Waals surface area contributed by atoms with Crippen LogP contribution in [-0.4, -0.2) is 36.3 Å². The van der Waals surface area contributed by atoms with Crippen LogP contribution >= 0.6 is 15.9 Å². The smallest absolute Gasteiger partial charge is 0.307 e. The van der Waals surface area contributed by atoms with E-state index in [-0.39, 0.29) is 13.0 Å². The zero-order valence-electron chi connectivity index (χ0n) is 10.0. The molecule has 0 spiro atoms. The Balaban J connectivity index is 1.97. The van der Waals surface area contributed by atoms with Gasteiger partial charge in [0.25, 0.3) is 0 Å². The number of nitrogens with zero attached hydrogens (tertiary/aromatic N) is 2. The van der Waals surface area contributed by atoms with E-state index in [0.29, 0.717) is 11.2 Å². The molecular weight excluding hydrogens is 353 g/mol. The Morgan fingerprint density at radius 1 is 1.45 bits per heavy atom. The molecule has 1 N–H and O–H groups in total. The maximum absolute atomic E-state index is 13.0. The molecule has 1 atom stereocenters. The second-order valence-electron chi connectivity index (χ2n) is 4.55. The summed E-state index contributed by atoms with van der Waals surface area (Å²) in [6, 6.07) is 5.08. The molecule has 1 aromatic heterocycles. The van der Waals surface area contributed by atoms with Gasteiger partial charge >= 0.3 is 10.2 Å². The highest BCUT2D eigenvalue weighted by molar-refractivity contribution is 9.10. The summed E-state index contributed by atoms with van der Waals surface area (Å²) in [5.41, 5.74) is 1.14. The molecule has 0 saturated carbocycles. The van der Waals surface area contributed by atoms with E-state index in [2.05, 4.69) is 26.1 Å². The fourth-order valence-corrected chi connectivity index (χ4v) is 3.34.